The predicted molar refractivity (Wildman–Crippen MR) is 184 cm³/mol. The maximum Gasteiger partial charge on any atom is 0.329 e. The molecule has 2 nitrogen and oxygen atoms in total. The molecule has 0 bridgehead atoms. The van der Waals surface area contributed by atoms with Crippen LogP contribution in [0, 0.1) is 20.8 Å². The van der Waals surface area contributed by atoms with Crippen LogP contribution in [0.15, 0.2) is 115 Å². The lowest BCUT2D eigenvalue weighted by atomic mass is 9.37. The molecule has 4 heteroatoms. The molecule has 200 valence electrons. The minimum Gasteiger partial charge on any atom is -0.376 e. The predicted octanol–water partition coefficient (Wildman–Crippen LogP) is 6.75. The highest BCUT2D eigenvalue weighted by Crippen LogP contribution is 2.53. The molecule has 6 aromatic rings. The SMILES string of the molecule is Cc1ccc2c(c1)-c1ccccc1N1B2c2cccc3c2-c2c1cccc2N1B3c2ccc(C)cc2-c2cc(C)ccc21. The lowest BCUT2D eigenvalue weighted by molar-refractivity contribution is 1.29. The van der Waals surface area contributed by atoms with Gasteiger partial charge in [0.1, 0.15) is 0 Å². The number of anilines is 4. The second-order valence-electron chi connectivity index (χ2n) is 12.7. The third kappa shape index (κ3) is 2.91. The van der Waals surface area contributed by atoms with Crippen molar-refractivity contribution in [3.8, 4) is 33.4 Å². The molecule has 4 aliphatic heterocycles. The molecular formula is C39H28B2N2. The third-order valence-electron chi connectivity index (χ3n) is 10.2. The van der Waals surface area contributed by atoms with E-state index in [4.69, 9.17) is 0 Å². The van der Waals surface area contributed by atoms with Crippen LogP contribution >= 0.6 is 0 Å². The summed E-state index contributed by atoms with van der Waals surface area (Å²) in [5, 5.41) is 0. The number of fused-ring (bicyclic) bond motifs is 16. The number of para-hydroxylation sites is 1. The second-order valence-corrected chi connectivity index (χ2v) is 12.7. The van der Waals surface area contributed by atoms with Crippen molar-refractivity contribution >= 4 is 58.3 Å². The Morgan fingerprint density at radius 2 is 0.860 bits per heavy atom. The van der Waals surface area contributed by atoms with Crippen molar-refractivity contribution in [3.05, 3.63) is 132 Å². The Morgan fingerprint density at radius 1 is 0.372 bits per heavy atom. The Bertz CT molecular complexity index is 2220. The second kappa shape index (κ2) is 8.11. The van der Waals surface area contributed by atoms with Gasteiger partial charge >= 0.3 is 13.7 Å². The Morgan fingerprint density at radius 3 is 1.51 bits per heavy atom. The summed E-state index contributed by atoms with van der Waals surface area (Å²) in [5.74, 6) is 0. The molecule has 0 aromatic heterocycles. The lowest BCUT2D eigenvalue weighted by Gasteiger charge is -2.49. The summed E-state index contributed by atoms with van der Waals surface area (Å²) >= 11 is 0. The van der Waals surface area contributed by atoms with Crippen molar-refractivity contribution in [2.24, 2.45) is 0 Å². The lowest BCUT2D eigenvalue weighted by Crippen LogP contribution is -2.65. The first kappa shape index (κ1) is 23.6. The number of aryl methyl sites for hydroxylation is 3. The average molecular weight is 546 g/mol. The van der Waals surface area contributed by atoms with Gasteiger partial charge in [-0.3, -0.25) is 0 Å². The van der Waals surface area contributed by atoms with Gasteiger partial charge in [0.15, 0.2) is 0 Å². The number of nitrogens with zero attached hydrogens (tertiary/aromatic N) is 2. The van der Waals surface area contributed by atoms with E-state index in [9.17, 15) is 0 Å². The van der Waals surface area contributed by atoms with Crippen LogP contribution in [0.2, 0.25) is 0 Å². The van der Waals surface area contributed by atoms with E-state index in [0.29, 0.717) is 0 Å². The largest absolute Gasteiger partial charge is 0.376 e. The highest BCUT2D eigenvalue weighted by atomic mass is 15.1. The quantitative estimate of drug-likeness (QED) is 0.195. The summed E-state index contributed by atoms with van der Waals surface area (Å²) in [6.45, 7) is 6.85. The van der Waals surface area contributed by atoms with Crippen molar-refractivity contribution in [1.82, 2.24) is 0 Å². The molecule has 4 aliphatic rings. The van der Waals surface area contributed by atoms with Gasteiger partial charge in [-0.05, 0) is 89.6 Å². The standard InChI is InChI=1S/C39H28B2N2/c1-23-14-17-30-27(20-23)26-8-4-5-11-34(26)42-36-12-7-13-37-39(36)38-32(40(30)42)9-6-10-33(38)41-31-18-15-24(2)21-28(31)29-22-25(3)16-19-35(29)43(37)41/h4-22H,1-3H3. The van der Waals surface area contributed by atoms with Gasteiger partial charge in [0.2, 0.25) is 0 Å². The van der Waals surface area contributed by atoms with Gasteiger partial charge < -0.3 is 9.62 Å². The van der Waals surface area contributed by atoms with Crippen LogP contribution in [0.25, 0.3) is 33.4 Å². The molecule has 0 fully saturated rings. The molecule has 0 saturated carbocycles. The zero-order valence-corrected chi connectivity index (χ0v) is 24.5. The van der Waals surface area contributed by atoms with E-state index in [-0.39, 0.29) is 13.7 Å². The van der Waals surface area contributed by atoms with E-state index in [2.05, 4.69) is 146 Å². The number of hydrogen-bond acceptors (Lipinski definition) is 2. The number of hydrogen-bond donors (Lipinski definition) is 0. The van der Waals surface area contributed by atoms with Gasteiger partial charge in [-0.1, -0.05) is 102 Å². The van der Waals surface area contributed by atoms with Crippen LogP contribution in [0.5, 0.6) is 0 Å². The summed E-state index contributed by atoms with van der Waals surface area (Å²) in [4.78, 5) is 5.25. The smallest absolute Gasteiger partial charge is 0.329 e. The zero-order valence-electron chi connectivity index (χ0n) is 24.5. The monoisotopic (exact) mass is 546 g/mol. The van der Waals surface area contributed by atoms with E-state index in [0.717, 1.165) is 0 Å². The van der Waals surface area contributed by atoms with Crippen LogP contribution in [0.3, 0.4) is 0 Å². The van der Waals surface area contributed by atoms with Gasteiger partial charge in [-0.15, -0.1) is 0 Å². The molecule has 0 spiro atoms. The molecule has 0 unspecified atom stereocenters. The van der Waals surface area contributed by atoms with Crippen LogP contribution in [-0.4, -0.2) is 13.7 Å². The molecule has 0 saturated heterocycles. The summed E-state index contributed by atoms with van der Waals surface area (Å²) in [5.41, 5.74) is 22.8. The van der Waals surface area contributed by atoms with Gasteiger partial charge in [-0.2, -0.15) is 0 Å². The Kier molecular flexibility index (Phi) is 4.45. The topological polar surface area (TPSA) is 6.48 Å². The molecule has 43 heavy (non-hydrogen) atoms. The average Bonchev–Trinajstić information content (AvgIpc) is 3.03. The molecule has 0 amide bonds. The fraction of sp³-hybridized carbons (Fsp3) is 0.0769. The van der Waals surface area contributed by atoms with Crippen molar-refractivity contribution in [3.63, 3.8) is 0 Å². The molecule has 0 atom stereocenters. The molecule has 6 aromatic carbocycles. The number of benzene rings is 6. The zero-order chi connectivity index (χ0) is 28.6. The van der Waals surface area contributed by atoms with Gasteiger partial charge in [0.05, 0.1) is 0 Å². The van der Waals surface area contributed by atoms with Crippen molar-refractivity contribution in [2.75, 3.05) is 9.62 Å². The van der Waals surface area contributed by atoms with Gasteiger partial charge in [0.25, 0.3) is 0 Å². The molecule has 10 rings (SSSR count). The molecule has 0 radical (unpaired) electrons. The maximum atomic E-state index is 2.63. The highest BCUT2D eigenvalue weighted by molar-refractivity contribution is 6.97. The van der Waals surface area contributed by atoms with E-state index in [1.54, 1.807) is 0 Å². The minimum atomic E-state index is 0.114. The van der Waals surface area contributed by atoms with E-state index in [1.165, 1.54) is 94.7 Å². The van der Waals surface area contributed by atoms with Crippen LogP contribution < -0.4 is 31.5 Å². The van der Waals surface area contributed by atoms with E-state index < -0.39 is 0 Å². The third-order valence-corrected chi connectivity index (χ3v) is 10.2. The van der Waals surface area contributed by atoms with Crippen LogP contribution in [0.1, 0.15) is 16.7 Å². The fourth-order valence-electron chi connectivity index (χ4n) is 8.50. The first-order valence-electron chi connectivity index (χ1n) is 15.3. The van der Waals surface area contributed by atoms with Crippen molar-refractivity contribution < 1.29 is 0 Å². The Hall–Kier alpha value is -4.95. The first-order chi connectivity index (χ1) is 21.1. The normalized spacial score (nSPS) is 14.2. The fourth-order valence-corrected chi connectivity index (χ4v) is 8.50. The van der Waals surface area contributed by atoms with Gasteiger partial charge in [-0.25, -0.2) is 0 Å². The van der Waals surface area contributed by atoms with Crippen LogP contribution in [-0.2, 0) is 0 Å². The highest BCUT2D eigenvalue weighted by Gasteiger charge is 2.49. The van der Waals surface area contributed by atoms with Gasteiger partial charge in [0, 0.05) is 39.4 Å². The molecule has 0 N–H and O–H groups in total. The molecule has 4 heterocycles. The Balaban J connectivity index is 1.34. The number of rotatable bonds is 0. The summed E-state index contributed by atoms with van der Waals surface area (Å²) < 4.78 is 0. The maximum absolute atomic E-state index is 2.63. The summed E-state index contributed by atoms with van der Waals surface area (Å²) in [6, 6.07) is 44.1. The molecular weight excluding hydrogens is 518 g/mol. The summed E-state index contributed by atoms with van der Waals surface area (Å²) in [7, 11) is 0. The van der Waals surface area contributed by atoms with Crippen molar-refractivity contribution in [1.29, 1.82) is 0 Å². The Labute approximate surface area is 253 Å². The van der Waals surface area contributed by atoms with E-state index in [1.807, 2.05) is 0 Å². The summed E-state index contributed by atoms with van der Waals surface area (Å²) in [6.07, 6.45) is 0. The van der Waals surface area contributed by atoms with Crippen LogP contribution in [0.4, 0.5) is 22.7 Å². The minimum absolute atomic E-state index is 0.114. The first-order valence-corrected chi connectivity index (χ1v) is 15.3. The molecule has 0 aliphatic carbocycles. The van der Waals surface area contributed by atoms with Crippen molar-refractivity contribution in [2.45, 2.75) is 20.8 Å². The van der Waals surface area contributed by atoms with E-state index >= 15 is 0 Å².